The number of phenols is 1. The minimum Gasteiger partial charge on any atom is -0.508 e. The van der Waals surface area contributed by atoms with E-state index in [2.05, 4.69) is 4.90 Å². The number of aromatic hydroxyl groups is 1. The van der Waals surface area contributed by atoms with Gasteiger partial charge in [0.2, 0.25) is 0 Å². The molecule has 1 N–H and O–H groups in total. The van der Waals surface area contributed by atoms with Crippen molar-refractivity contribution >= 4 is 11.0 Å². The highest BCUT2D eigenvalue weighted by molar-refractivity contribution is 5.81. The maximum Gasteiger partial charge on any atom is 0.336 e. The van der Waals surface area contributed by atoms with Gasteiger partial charge >= 0.3 is 5.63 Å². The Morgan fingerprint density at radius 3 is 2.87 bits per heavy atom. The molecule has 0 radical (unpaired) electrons. The summed E-state index contributed by atoms with van der Waals surface area (Å²) >= 11 is 0. The van der Waals surface area contributed by atoms with Gasteiger partial charge in [0.25, 0.3) is 0 Å². The van der Waals surface area contributed by atoms with E-state index in [-0.39, 0.29) is 11.4 Å². The van der Waals surface area contributed by atoms with Crippen LogP contribution in [0.3, 0.4) is 0 Å². The number of hydrogen-bond donors (Lipinski definition) is 1. The monoisotopic (exact) mass is 313 g/mol. The molecule has 1 saturated carbocycles. The molecule has 23 heavy (non-hydrogen) atoms. The van der Waals surface area contributed by atoms with E-state index in [1.165, 1.54) is 44.6 Å². The van der Waals surface area contributed by atoms with Gasteiger partial charge in [0, 0.05) is 30.1 Å². The molecule has 4 rings (SSSR count). The second-order valence-corrected chi connectivity index (χ2v) is 7.00. The Labute approximate surface area is 135 Å². The minimum atomic E-state index is -0.338. The first kappa shape index (κ1) is 14.8. The lowest BCUT2D eigenvalue weighted by Gasteiger charge is -2.44. The Hall–Kier alpha value is -1.81. The predicted molar refractivity (Wildman–Crippen MR) is 89.5 cm³/mol. The fourth-order valence-electron chi connectivity index (χ4n) is 4.49. The number of likely N-dealkylation sites (tertiary alicyclic amines) is 1. The van der Waals surface area contributed by atoms with Gasteiger partial charge in [-0.3, -0.25) is 4.90 Å². The number of benzene rings is 1. The molecule has 2 aliphatic rings. The molecule has 2 heterocycles. The molecular weight excluding hydrogens is 290 g/mol. The normalized spacial score (nSPS) is 25.4. The molecule has 1 aliphatic heterocycles. The van der Waals surface area contributed by atoms with E-state index in [1.54, 1.807) is 12.1 Å². The zero-order valence-electron chi connectivity index (χ0n) is 13.3. The number of rotatable bonds is 2. The van der Waals surface area contributed by atoms with Gasteiger partial charge in [-0.2, -0.15) is 0 Å². The maximum atomic E-state index is 11.9. The van der Waals surface area contributed by atoms with Crippen LogP contribution in [0.1, 0.15) is 44.1 Å². The van der Waals surface area contributed by atoms with E-state index in [9.17, 15) is 9.90 Å². The molecule has 0 unspecified atom stereocenters. The van der Waals surface area contributed by atoms with Crippen molar-refractivity contribution in [1.82, 2.24) is 4.90 Å². The third-order valence-corrected chi connectivity index (χ3v) is 5.55. The molecule has 4 heteroatoms. The van der Waals surface area contributed by atoms with E-state index >= 15 is 0 Å². The van der Waals surface area contributed by atoms with Crippen molar-refractivity contribution in [1.29, 1.82) is 0 Å². The molecule has 1 saturated heterocycles. The summed E-state index contributed by atoms with van der Waals surface area (Å²) in [5.41, 5.74) is 1.16. The quantitative estimate of drug-likeness (QED) is 0.860. The van der Waals surface area contributed by atoms with Crippen LogP contribution in [0.4, 0.5) is 0 Å². The van der Waals surface area contributed by atoms with Crippen LogP contribution < -0.4 is 5.63 Å². The summed E-state index contributed by atoms with van der Waals surface area (Å²) in [6.45, 7) is 1.91. The van der Waals surface area contributed by atoms with E-state index in [4.69, 9.17) is 4.42 Å². The van der Waals surface area contributed by atoms with Crippen LogP contribution in [0.5, 0.6) is 5.75 Å². The molecule has 4 nitrogen and oxygen atoms in total. The molecule has 122 valence electrons. The van der Waals surface area contributed by atoms with Crippen molar-refractivity contribution < 1.29 is 9.52 Å². The highest BCUT2D eigenvalue weighted by Crippen LogP contribution is 2.36. The first-order valence-corrected chi connectivity index (χ1v) is 8.70. The average Bonchev–Trinajstić information content (AvgIpc) is 2.54. The van der Waals surface area contributed by atoms with Crippen LogP contribution in [0, 0.1) is 5.92 Å². The second-order valence-electron chi connectivity index (χ2n) is 7.00. The Morgan fingerprint density at radius 2 is 1.96 bits per heavy atom. The molecule has 0 spiro atoms. The molecule has 1 aromatic carbocycles. The molecule has 2 atom stereocenters. The Balaban J connectivity index is 1.68. The molecule has 1 aliphatic carbocycles. The van der Waals surface area contributed by atoms with Crippen LogP contribution in [0.2, 0.25) is 0 Å². The summed E-state index contributed by atoms with van der Waals surface area (Å²) in [4.78, 5) is 14.4. The van der Waals surface area contributed by atoms with E-state index < -0.39 is 0 Å². The van der Waals surface area contributed by atoms with Gasteiger partial charge in [-0.15, -0.1) is 0 Å². The van der Waals surface area contributed by atoms with Crippen molar-refractivity contribution in [2.75, 3.05) is 6.54 Å². The maximum absolute atomic E-state index is 11.9. The number of nitrogens with zero attached hydrogens (tertiary/aromatic N) is 1. The summed E-state index contributed by atoms with van der Waals surface area (Å²) in [6.07, 6.45) is 7.93. The van der Waals surface area contributed by atoms with Gasteiger partial charge in [-0.1, -0.05) is 12.8 Å². The number of piperidine rings is 1. The van der Waals surface area contributed by atoms with Gasteiger partial charge in [0.1, 0.15) is 11.3 Å². The second kappa shape index (κ2) is 6.00. The van der Waals surface area contributed by atoms with Crippen molar-refractivity contribution in [2.24, 2.45) is 5.92 Å². The van der Waals surface area contributed by atoms with Gasteiger partial charge in [-0.25, -0.2) is 4.79 Å². The van der Waals surface area contributed by atoms with Crippen LogP contribution in [0.15, 0.2) is 33.5 Å². The summed E-state index contributed by atoms with van der Waals surface area (Å²) in [5.74, 6) is 0.955. The van der Waals surface area contributed by atoms with Crippen LogP contribution in [-0.2, 0) is 6.54 Å². The number of hydrogen-bond acceptors (Lipinski definition) is 4. The van der Waals surface area contributed by atoms with Crippen molar-refractivity contribution in [2.45, 2.75) is 51.1 Å². The van der Waals surface area contributed by atoms with Crippen molar-refractivity contribution in [3.63, 3.8) is 0 Å². The third-order valence-electron chi connectivity index (χ3n) is 5.55. The van der Waals surface area contributed by atoms with E-state index in [0.29, 0.717) is 11.6 Å². The van der Waals surface area contributed by atoms with Gasteiger partial charge < -0.3 is 9.52 Å². The zero-order chi connectivity index (χ0) is 15.8. The molecule has 0 bridgehead atoms. The molecule has 1 aromatic heterocycles. The average molecular weight is 313 g/mol. The summed E-state index contributed by atoms with van der Waals surface area (Å²) < 4.78 is 5.24. The lowest BCUT2D eigenvalue weighted by molar-refractivity contribution is 0.0549. The van der Waals surface area contributed by atoms with Gasteiger partial charge in [0.05, 0.1) is 0 Å². The lowest BCUT2D eigenvalue weighted by Crippen LogP contribution is -2.46. The van der Waals surface area contributed by atoms with Gasteiger partial charge in [-0.05, 0) is 55.8 Å². The largest absolute Gasteiger partial charge is 0.508 e. The van der Waals surface area contributed by atoms with Gasteiger partial charge in [0.15, 0.2) is 0 Å². The minimum absolute atomic E-state index is 0.128. The standard InChI is InChI=1S/C19H23NO3/c21-15-7-8-16-14(10-19(22)23-18(16)11-15)12-20-9-3-5-13-4-1-2-6-17(13)20/h7-8,10-11,13,17,21H,1-6,9,12H2/t13-,17-/m0/s1. The Kier molecular flexibility index (Phi) is 3.85. The Bertz CT molecular complexity index is 765. The molecule has 2 fully saturated rings. The summed E-state index contributed by atoms with van der Waals surface area (Å²) in [7, 11) is 0. The first-order chi connectivity index (χ1) is 11.2. The van der Waals surface area contributed by atoms with Crippen molar-refractivity contribution in [3.8, 4) is 5.75 Å². The third kappa shape index (κ3) is 2.88. The van der Waals surface area contributed by atoms with Crippen LogP contribution >= 0.6 is 0 Å². The highest BCUT2D eigenvalue weighted by atomic mass is 16.4. The van der Waals surface area contributed by atoms with E-state index in [0.717, 1.165) is 30.0 Å². The fourth-order valence-corrected chi connectivity index (χ4v) is 4.49. The predicted octanol–water partition coefficient (Wildman–Crippen LogP) is 3.65. The summed E-state index contributed by atoms with van der Waals surface area (Å²) in [6, 6.07) is 7.32. The van der Waals surface area contributed by atoms with Crippen LogP contribution in [-0.4, -0.2) is 22.6 Å². The molecule has 2 aromatic rings. The first-order valence-electron chi connectivity index (χ1n) is 8.70. The SMILES string of the molecule is O=c1cc(CN2CCC[C@@H]3CCCC[C@@H]32)c2ccc(O)cc2o1. The molecular formula is C19H23NO3. The van der Waals surface area contributed by atoms with Crippen molar-refractivity contribution in [3.05, 3.63) is 40.2 Å². The lowest BCUT2D eigenvalue weighted by atomic mass is 9.78. The zero-order valence-corrected chi connectivity index (χ0v) is 13.3. The Morgan fingerprint density at radius 1 is 1.13 bits per heavy atom. The summed E-state index contributed by atoms with van der Waals surface area (Å²) in [5, 5.41) is 10.5. The number of phenolic OH excluding ortho intramolecular Hbond substituents is 1. The highest BCUT2D eigenvalue weighted by Gasteiger charge is 2.33. The smallest absolute Gasteiger partial charge is 0.336 e. The van der Waals surface area contributed by atoms with E-state index in [1.807, 2.05) is 6.07 Å². The van der Waals surface area contributed by atoms with Crippen LogP contribution in [0.25, 0.3) is 11.0 Å². The topological polar surface area (TPSA) is 53.7 Å². The molecule has 0 amide bonds. The fraction of sp³-hybridized carbons (Fsp3) is 0.526. The number of fused-ring (bicyclic) bond motifs is 2.